The molecule has 0 aromatic heterocycles. The first-order valence-corrected chi connectivity index (χ1v) is 10.2. The number of anilines is 1. The van der Waals surface area contributed by atoms with Crippen LogP contribution in [0.5, 0.6) is 0 Å². The van der Waals surface area contributed by atoms with Crippen LogP contribution in [-0.2, 0) is 10.0 Å². The zero-order valence-corrected chi connectivity index (χ0v) is 16.9. The summed E-state index contributed by atoms with van der Waals surface area (Å²) in [5, 5.41) is 2.75. The van der Waals surface area contributed by atoms with Gasteiger partial charge in [0.25, 0.3) is 15.9 Å². The Balaban J connectivity index is 0.00000280. The first kappa shape index (κ1) is 22.1. The van der Waals surface area contributed by atoms with Crippen molar-refractivity contribution >= 4 is 34.0 Å². The molecular formula is C19H23ClFN3O3S. The largest absolute Gasteiger partial charge is 0.350 e. The summed E-state index contributed by atoms with van der Waals surface area (Å²) >= 11 is 0. The normalized spacial score (nSPS) is 14.7. The Morgan fingerprint density at radius 3 is 2.46 bits per heavy atom. The van der Waals surface area contributed by atoms with E-state index in [9.17, 15) is 17.6 Å². The van der Waals surface area contributed by atoms with Crippen LogP contribution >= 0.6 is 12.4 Å². The number of nitrogens with two attached hydrogens (primary N) is 1. The lowest BCUT2D eigenvalue weighted by Crippen LogP contribution is -2.38. The summed E-state index contributed by atoms with van der Waals surface area (Å²) in [7, 11) is -3.92. The first-order valence-electron chi connectivity index (χ1n) is 8.69. The van der Waals surface area contributed by atoms with Gasteiger partial charge < -0.3 is 11.1 Å². The molecule has 1 unspecified atom stereocenters. The maximum atomic E-state index is 13.0. The van der Waals surface area contributed by atoms with E-state index in [1.54, 1.807) is 19.1 Å². The number of sulfonamides is 1. The molecule has 1 aliphatic rings. The molecule has 1 amide bonds. The Hall–Kier alpha value is -2.16. The summed E-state index contributed by atoms with van der Waals surface area (Å²) in [5.41, 5.74) is 6.95. The first-order chi connectivity index (χ1) is 12.8. The second-order valence-electron chi connectivity index (χ2n) is 6.80. The van der Waals surface area contributed by atoms with Gasteiger partial charge in [-0.3, -0.25) is 9.52 Å². The van der Waals surface area contributed by atoms with Gasteiger partial charge in [0, 0.05) is 23.8 Å². The molecule has 1 atom stereocenters. The SMILES string of the molecule is Cc1ccc(C(=O)NCC(N)C2CC2)cc1S(=O)(=O)Nc1ccc(F)cc1.Cl. The molecule has 0 spiro atoms. The lowest BCUT2D eigenvalue weighted by molar-refractivity contribution is 0.0950. The minimum atomic E-state index is -3.92. The number of halogens is 2. The Labute approximate surface area is 170 Å². The third kappa shape index (κ3) is 5.43. The molecule has 1 saturated carbocycles. The van der Waals surface area contributed by atoms with Gasteiger partial charge in [0.15, 0.2) is 0 Å². The second-order valence-corrected chi connectivity index (χ2v) is 8.45. The van der Waals surface area contributed by atoms with Gasteiger partial charge in [-0.05, 0) is 67.6 Å². The Morgan fingerprint density at radius 2 is 1.86 bits per heavy atom. The van der Waals surface area contributed by atoms with Gasteiger partial charge >= 0.3 is 0 Å². The molecule has 1 aliphatic carbocycles. The highest BCUT2D eigenvalue weighted by atomic mass is 35.5. The van der Waals surface area contributed by atoms with Gasteiger partial charge in [0.2, 0.25) is 0 Å². The molecule has 0 saturated heterocycles. The second kappa shape index (κ2) is 8.89. The Morgan fingerprint density at radius 1 is 1.21 bits per heavy atom. The molecule has 2 aromatic carbocycles. The molecular weight excluding hydrogens is 405 g/mol. The van der Waals surface area contributed by atoms with Gasteiger partial charge in [-0.1, -0.05) is 6.07 Å². The van der Waals surface area contributed by atoms with Crippen LogP contribution in [0.4, 0.5) is 10.1 Å². The standard InChI is InChI=1S/C19H22FN3O3S.ClH/c1-12-2-3-14(19(24)22-11-17(21)13-4-5-13)10-18(12)27(25,26)23-16-8-6-15(20)7-9-16;/h2-3,6-10,13,17,23H,4-5,11,21H2,1H3,(H,22,24);1H. The number of aryl methyl sites for hydroxylation is 1. The Bertz CT molecular complexity index is 947. The van der Waals surface area contributed by atoms with Gasteiger partial charge in [-0.15, -0.1) is 12.4 Å². The highest BCUT2D eigenvalue weighted by molar-refractivity contribution is 7.92. The minimum absolute atomic E-state index is 0. The molecule has 0 heterocycles. The average Bonchev–Trinajstić information content (AvgIpc) is 3.46. The number of nitrogens with one attached hydrogen (secondary N) is 2. The van der Waals surface area contributed by atoms with E-state index in [1.165, 1.54) is 18.2 Å². The van der Waals surface area contributed by atoms with Crippen molar-refractivity contribution in [3.8, 4) is 0 Å². The van der Waals surface area contributed by atoms with Crippen molar-refractivity contribution in [1.82, 2.24) is 5.32 Å². The van der Waals surface area contributed by atoms with Crippen LogP contribution in [0.15, 0.2) is 47.4 Å². The smallest absolute Gasteiger partial charge is 0.262 e. The summed E-state index contributed by atoms with van der Waals surface area (Å²) in [6.07, 6.45) is 2.16. The van der Waals surface area contributed by atoms with E-state index < -0.39 is 15.8 Å². The fourth-order valence-corrected chi connectivity index (χ4v) is 4.09. The fourth-order valence-electron chi connectivity index (χ4n) is 2.76. The van der Waals surface area contributed by atoms with Crippen LogP contribution in [0.3, 0.4) is 0 Å². The third-order valence-corrected chi connectivity index (χ3v) is 6.09. The van der Waals surface area contributed by atoms with E-state index in [2.05, 4.69) is 10.0 Å². The van der Waals surface area contributed by atoms with Crippen molar-refractivity contribution in [1.29, 1.82) is 0 Å². The molecule has 2 aromatic rings. The predicted molar refractivity (Wildman–Crippen MR) is 109 cm³/mol. The number of carbonyl (C=O) groups excluding carboxylic acids is 1. The van der Waals surface area contributed by atoms with Crippen LogP contribution in [-0.4, -0.2) is 26.9 Å². The lowest BCUT2D eigenvalue weighted by atomic mass is 10.1. The van der Waals surface area contributed by atoms with Crippen LogP contribution in [0.2, 0.25) is 0 Å². The highest BCUT2D eigenvalue weighted by Gasteiger charge is 2.28. The minimum Gasteiger partial charge on any atom is -0.350 e. The average molecular weight is 428 g/mol. The van der Waals surface area contributed by atoms with Gasteiger partial charge in [0.1, 0.15) is 5.82 Å². The topological polar surface area (TPSA) is 101 Å². The zero-order valence-electron chi connectivity index (χ0n) is 15.3. The summed E-state index contributed by atoms with van der Waals surface area (Å²) in [5.74, 6) is -0.374. The van der Waals surface area contributed by atoms with Crippen molar-refractivity contribution in [2.24, 2.45) is 11.7 Å². The van der Waals surface area contributed by atoms with Crippen LogP contribution < -0.4 is 15.8 Å². The van der Waals surface area contributed by atoms with Crippen LogP contribution in [0.25, 0.3) is 0 Å². The van der Waals surface area contributed by atoms with Crippen LogP contribution in [0, 0.1) is 18.7 Å². The summed E-state index contributed by atoms with van der Waals surface area (Å²) in [4.78, 5) is 12.3. The van der Waals surface area contributed by atoms with Gasteiger partial charge in [-0.25, -0.2) is 12.8 Å². The van der Waals surface area contributed by atoms with E-state index in [0.717, 1.165) is 25.0 Å². The lowest BCUT2D eigenvalue weighted by Gasteiger charge is -2.14. The van der Waals surface area contributed by atoms with Gasteiger partial charge in [-0.2, -0.15) is 0 Å². The molecule has 4 N–H and O–H groups in total. The monoisotopic (exact) mass is 427 g/mol. The zero-order chi connectivity index (χ0) is 19.6. The molecule has 1 fully saturated rings. The summed E-state index contributed by atoms with van der Waals surface area (Å²) in [6, 6.07) is 9.40. The van der Waals surface area contributed by atoms with E-state index in [-0.39, 0.29) is 40.5 Å². The van der Waals surface area contributed by atoms with E-state index in [4.69, 9.17) is 5.73 Å². The predicted octanol–water partition coefficient (Wildman–Crippen LogP) is 2.82. The van der Waals surface area contributed by atoms with Crippen molar-refractivity contribution < 1.29 is 17.6 Å². The van der Waals surface area contributed by atoms with Crippen molar-refractivity contribution in [2.75, 3.05) is 11.3 Å². The van der Waals surface area contributed by atoms with Gasteiger partial charge in [0.05, 0.1) is 4.90 Å². The number of benzene rings is 2. The molecule has 0 aliphatic heterocycles. The van der Waals surface area contributed by atoms with E-state index in [0.29, 0.717) is 18.0 Å². The van der Waals surface area contributed by atoms with Crippen molar-refractivity contribution in [2.45, 2.75) is 30.7 Å². The van der Waals surface area contributed by atoms with Crippen LogP contribution in [0.1, 0.15) is 28.8 Å². The molecule has 6 nitrogen and oxygen atoms in total. The summed E-state index contributed by atoms with van der Waals surface area (Å²) in [6.45, 7) is 2.00. The number of rotatable bonds is 7. The molecule has 0 bridgehead atoms. The number of hydrogen-bond donors (Lipinski definition) is 3. The maximum Gasteiger partial charge on any atom is 0.262 e. The fraction of sp³-hybridized carbons (Fsp3) is 0.316. The molecule has 9 heteroatoms. The summed E-state index contributed by atoms with van der Waals surface area (Å²) < 4.78 is 40.8. The number of carbonyl (C=O) groups is 1. The van der Waals surface area contributed by atoms with Crippen molar-refractivity contribution in [3.63, 3.8) is 0 Å². The van der Waals surface area contributed by atoms with Crippen molar-refractivity contribution in [3.05, 3.63) is 59.4 Å². The Kier molecular flexibility index (Phi) is 7.03. The highest BCUT2D eigenvalue weighted by Crippen LogP contribution is 2.31. The van der Waals surface area contributed by atoms with E-state index >= 15 is 0 Å². The third-order valence-electron chi connectivity index (χ3n) is 4.56. The molecule has 0 radical (unpaired) electrons. The molecule has 3 rings (SSSR count). The van der Waals surface area contributed by atoms with E-state index in [1.807, 2.05) is 0 Å². The number of hydrogen-bond acceptors (Lipinski definition) is 4. The number of amides is 1. The molecule has 28 heavy (non-hydrogen) atoms. The molecule has 152 valence electrons. The quantitative estimate of drug-likeness (QED) is 0.632. The maximum absolute atomic E-state index is 13.0.